The average Bonchev–Trinajstić information content (AvgIpc) is 2.00. The highest BCUT2D eigenvalue weighted by Gasteiger charge is 2.19. The topological polar surface area (TPSA) is 63.3 Å². The summed E-state index contributed by atoms with van der Waals surface area (Å²) in [5.41, 5.74) is 5.47. The fourth-order valence-electron chi connectivity index (χ4n) is 0.662. The first-order valence-electron chi connectivity index (χ1n) is 3.44. The van der Waals surface area contributed by atoms with E-state index in [1.807, 2.05) is 13.8 Å². The largest absolute Gasteiger partial charge is 0.383 e. The van der Waals surface area contributed by atoms with Gasteiger partial charge in [-0.1, -0.05) is 20.3 Å². The van der Waals surface area contributed by atoms with Crippen molar-refractivity contribution in [2.45, 2.75) is 32.4 Å². The van der Waals surface area contributed by atoms with Crippen LogP contribution in [0.5, 0.6) is 0 Å². The van der Waals surface area contributed by atoms with E-state index in [1.165, 1.54) is 6.29 Å². The van der Waals surface area contributed by atoms with Gasteiger partial charge in [-0.3, -0.25) is 4.79 Å². The van der Waals surface area contributed by atoms with E-state index in [2.05, 4.69) is 0 Å². The molecule has 59 valence electrons. The number of aliphatic hydroxyl groups excluding tert-OH is 1. The molecule has 0 aromatic carbocycles. The number of hydrogen-bond acceptors (Lipinski definition) is 3. The van der Waals surface area contributed by atoms with Crippen LogP contribution in [0.25, 0.3) is 0 Å². The molecule has 0 rings (SSSR count). The summed E-state index contributed by atoms with van der Waals surface area (Å²) >= 11 is 0. The molecule has 0 aliphatic carbocycles. The Labute approximate surface area is 61.2 Å². The molecule has 0 amide bonds. The van der Waals surface area contributed by atoms with Crippen molar-refractivity contribution >= 4 is 6.29 Å². The van der Waals surface area contributed by atoms with Crippen LogP contribution in [0.15, 0.2) is 0 Å². The summed E-state index contributed by atoms with van der Waals surface area (Å²) in [4.78, 5) is 9.91. The van der Waals surface area contributed by atoms with Gasteiger partial charge in [0.1, 0.15) is 6.10 Å². The number of rotatable bonds is 4. The lowest BCUT2D eigenvalue weighted by molar-refractivity contribution is 0.174. The third-order valence-electron chi connectivity index (χ3n) is 1.79. The highest BCUT2D eigenvalue weighted by molar-refractivity contribution is 5.57. The van der Waals surface area contributed by atoms with Crippen molar-refractivity contribution < 1.29 is 9.90 Å². The lowest BCUT2D eigenvalue weighted by atomic mass is 9.96. The Kier molecular flexibility index (Phi) is 4.23. The van der Waals surface area contributed by atoms with Crippen LogP contribution in [0.3, 0.4) is 0 Å². The zero-order chi connectivity index (χ0) is 8.15. The highest BCUT2D eigenvalue weighted by Crippen LogP contribution is 2.07. The summed E-state index contributed by atoms with van der Waals surface area (Å²) in [6.07, 6.45) is 1.19. The minimum atomic E-state index is -1.13. The van der Waals surface area contributed by atoms with Crippen LogP contribution in [0.4, 0.5) is 0 Å². The van der Waals surface area contributed by atoms with Gasteiger partial charge in [-0.2, -0.15) is 0 Å². The van der Waals surface area contributed by atoms with Crippen molar-refractivity contribution in [3.05, 3.63) is 0 Å². The first-order chi connectivity index (χ1) is 4.63. The summed E-state index contributed by atoms with van der Waals surface area (Å²) in [5.74, 6) is 0.163. The predicted molar refractivity (Wildman–Crippen MR) is 39.1 cm³/mol. The number of nitrogens with two attached hydrogens (primary N) is 1. The van der Waals surface area contributed by atoms with Crippen LogP contribution >= 0.6 is 0 Å². The summed E-state index contributed by atoms with van der Waals surface area (Å²) in [6, 6.07) is -0.470. The van der Waals surface area contributed by atoms with Crippen LogP contribution < -0.4 is 5.73 Å². The quantitative estimate of drug-likeness (QED) is 0.575. The minimum Gasteiger partial charge on any atom is -0.383 e. The minimum absolute atomic E-state index is 0.163. The highest BCUT2D eigenvalue weighted by atomic mass is 16.3. The van der Waals surface area contributed by atoms with Gasteiger partial charge in [0.2, 0.25) is 6.29 Å². The van der Waals surface area contributed by atoms with Gasteiger partial charge in [0.15, 0.2) is 0 Å². The summed E-state index contributed by atoms with van der Waals surface area (Å²) in [5, 5.41) is 8.88. The maximum absolute atomic E-state index is 9.91. The summed E-state index contributed by atoms with van der Waals surface area (Å²) in [6.45, 7) is 3.85. The van der Waals surface area contributed by atoms with Gasteiger partial charge in [-0.15, -0.1) is 0 Å². The molecule has 0 saturated carbocycles. The Hall–Kier alpha value is -0.410. The maximum atomic E-state index is 9.91. The fraction of sp³-hybridized carbons (Fsp3) is 0.857. The second kappa shape index (κ2) is 4.41. The lowest BCUT2D eigenvalue weighted by Crippen LogP contribution is -2.40. The van der Waals surface area contributed by atoms with Crippen molar-refractivity contribution in [2.24, 2.45) is 11.7 Å². The second-order valence-electron chi connectivity index (χ2n) is 2.53. The molecule has 3 nitrogen and oxygen atoms in total. The van der Waals surface area contributed by atoms with E-state index in [0.717, 1.165) is 6.42 Å². The van der Waals surface area contributed by atoms with Crippen molar-refractivity contribution in [1.29, 1.82) is 0 Å². The Morgan fingerprint density at radius 1 is 1.70 bits per heavy atom. The summed E-state index contributed by atoms with van der Waals surface area (Å²) in [7, 11) is 0. The first-order valence-corrected chi connectivity index (χ1v) is 3.44. The van der Waals surface area contributed by atoms with E-state index in [0.29, 0.717) is 0 Å². The maximum Gasteiger partial charge on any atom is 0.231 e. The van der Waals surface area contributed by atoms with Crippen LogP contribution in [-0.4, -0.2) is 23.5 Å². The normalized spacial score (nSPS) is 19.6. The van der Waals surface area contributed by atoms with Crippen LogP contribution in [0.2, 0.25) is 0 Å². The molecule has 0 fully saturated rings. The predicted octanol–water partition coefficient (Wildman–Crippen LogP) is -0.170. The third kappa shape index (κ3) is 2.45. The monoisotopic (exact) mass is 144 g/mol. The first kappa shape index (κ1) is 9.59. The van der Waals surface area contributed by atoms with E-state index < -0.39 is 12.1 Å². The van der Waals surface area contributed by atoms with Crippen molar-refractivity contribution in [1.82, 2.24) is 0 Å². The van der Waals surface area contributed by atoms with E-state index in [9.17, 15) is 4.79 Å². The molecule has 3 unspecified atom stereocenters. The molecule has 3 heteroatoms. The van der Waals surface area contributed by atoms with Gasteiger partial charge >= 0.3 is 0 Å². The standard InChI is InChI=1S/C7H14NO2/c1-3-5(2)7(8)6(10)4-9/h5-7,10H,3,8H2,1-2H3. The van der Waals surface area contributed by atoms with Gasteiger partial charge in [0, 0.05) is 6.04 Å². The third-order valence-corrected chi connectivity index (χ3v) is 1.79. The van der Waals surface area contributed by atoms with Crippen LogP contribution in [0, 0.1) is 5.92 Å². The molecule has 0 bridgehead atoms. The fourth-order valence-corrected chi connectivity index (χ4v) is 0.662. The van der Waals surface area contributed by atoms with E-state index in [1.54, 1.807) is 0 Å². The van der Waals surface area contributed by atoms with Gasteiger partial charge in [0.25, 0.3) is 0 Å². The van der Waals surface area contributed by atoms with E-state index >= 15 is 0 Å². The Morgan fingerprint density at radius 3 is 2.50 bits per heavy atom. The molecule has 3 atom stereocenters. The summed E-state index contributed by atoms with van der Waals surface area (Å²) < 4.78 is 0. The average molecular weight is 144 g/mol. The SMILES string of the molecule is CCC(C)C(N)C(O)[C]=O. The molecule has 0 aliphatic heterocycles. The molecule has 0 aromatic heterocycles. The smallest absolute Gasteiger partial charge is 0.231 e. The van der Waals surface area contributed by atoms with Crippen LogP contribution in [0.1, 0.15) is 20.3 Å². The molecule has 1 radical (unpaired) electrons. The van der Waals surface area contributed by atoms with Crippen molar-refractivity contribution in [3.8, 4) is 0 Å². The van der Waals surface area contributed by atoms with Crippen LogP contribution in [-0.2, 0) is 4.79 Å². The van der Waals surface area contributed by atoms with Gasteiger partial charge in [0.05, 0.1) is 0 Å². The number of hydrogen-bond donors (Lipinski definition) is 2. The molecule has 0 aliphatic rings. The zero-order valence-corrected chi connectivity index (χ0v) is 6.37. The number of aliphatic hydroxyl groups is 1. The van der Waals surface area contributed by atoms with Crippen molar-refractivity contribution in [2.75, 3.05) is 0 Å². The zero-order valence-electron chi connectivity index (χ0n) is 6.37. The van der Waals surface area contributed by atoms with E-state index in [4.69, 9.17) is 10.8 Å². The molecular weight excluding hydrogens is 130 g/mol. The van der Waals surface area contributed by atoms with Gasteiger partial charge < -0.3 is 10.8 Å². The van der Waals surface area contributed by atoms with Gasteiger partial charge in [-0.25, -0.2) is 0 Å². The lowest BCUT2D eigenvalue weighted by Gasteiger charge is -2.18. The molecule has 3 N–H and O–H groups in total. The molecule has 0 spiro atoms. The number of carbonyl (C=O) groups excluding carboxylic acids is 1. The van der Waals surface area contributed by atoms with Crippen molar-refractivity contribution in [3.63, 3.8) is 0 Å². The van der Waals surface area contributed by atoms with E-state index in [-0.39, 0.29) is 5.92 Å². The molecule has 0 heterocycles. The second-order valence-corrected chi connectivity index (χ2v) is 2.53. The Morgan fingerprint density at radius 2 is 2.20 bits per heavy atom. The molecule has 0 aromatic rings. The Balaban J connectivity index is 3.80. The molecule has 0 saturated heterocycles. The molecule has 10 heavy (non-hydrogen) atoms. The molecular formula is C7H14NO2. The van der Waals surface area contributed by atoms with Gasteiger partial charge in [-0.05, 0) is 5.92 Å². The Bertz CT molecular complexity index is 106.